The van der Waals surface area contributed by atoms with Crippen LogP contribution in [0.2, 0.25) is 0 Å². The fourth-order valence-corrected chi connectivity index (χ4v) is 17.3. The Labute approximate surface area is 484 Å². The van der Waals surface area contributed by atoms with Gasteiger partial charge in [0.25, 0.3) is 0 Å². The van der Waals surface area contributed by atoms with E-state index in [-0.39, 0.29) is 46.7 Å². The third-order valence-corrected chi connectivity index (χ3v) is 22.8. The van der Waals surface area contributed by atoms with Crippen molar-refractivity contribution in [3.8, 4) is 0 Å². The van der Waals surface area contributed by atoms with Crippen LogP contribution in [0.3, 0.4) is 0 Å². The molecule has 13 N–H and O–H groups in total. The first-order chi connectivity index (χ1) is 38.9. The monoisotopic (exact) mass is 1190 g/mol. The van der Waals surface area contributed by atoms with Gasteiger partial charge >= 0.3 is 5.97 Å². The highest BCUT2D eigenvalue weighted by atomic mass is 16.8. The van der Waals surface area contributed by atoms with E-state index in [4.69, 9.17) is 47.4 Å². The number of aliphatic hydroxyl groups excluding tert-OH is 13. The summed E-state index contributed by atoms with van der Waals surface area (Å²) in [6.45, 7) is 19.2. The van der Waals surface area contributed by atoms with E-state index in [0.29, 0.717) is 38.5 Å². The first-order valence-corrected chi connectivity index (χ1v) is 30.1. The van der Waals surface area contributed by atoms with E-state index in [0.717, 1.165) is 31.3 Å². The third-order valence-electron chi connectivity index (χ3n) is 22.8. The van der Waals surface area contributed by atoms with E-state index in [1.165, 1.54) is 19.4 Å². The minimum absolute atomic E-state index is 0.166. The maximum absolute atomic E-state index is 15.1. The smallest absolute Gasteiger partial charge is 0.315 e. The molecule has 0 aromatic heterocycles. The molecule has 0 amide bonds. The average Bonchev–Trinajstić information content (AvgIpc) is 0.778. The molecule has 0 bridgehead atoms. The number of ether oxygens (including phenoxy) is 10. The van der Waals surface area contributed by atoms with Gasteiger partial charge in [0, 0.05) is 11.8 Å². The lowest BCUT2D eigenvalue weighted by Crippen LogP contribution is -2.66. The number of fused-ring (bicyclic) bond motifs is 7. The Morgan fingerprint density at radius 3 is 1.86 bits per heavy atom. The molecule has 24 nitrogen and oxygen atoms in total. The van der Waals surface area contributed by atoms with Gasteiger partial charge in [0.15, 0.2) is 25.2 Å². The van der Waals surface area contributed by atoms with Crippen molar-refractivity contribution in [3.05, 3.63) is 23.8 Å². The molecular weight excluding hydrogens is 1090 g/mol. The van der Waals surface area contributed by atoms with Gasteiger partial charge in [-0.3, -0.25) is 4.79 Å². The van der Waals surface area contributed by atoms with E-state index in [2.05, 4.69) is 47.3 Å². The van der Waals surface area contributed by atoms with Crippen LogP contribution in [0.5, 0.6) is 0 Å². The Kier molecular flexibility index (Phi) is 18.4. The molecule has 5 aliphatic carbocycles. The fourth-order valence-electron chi connectivity index (χ4n) is 17.3. The minimum atomic E-state index is -1.84. The van der Waals surface area contributed by atoms with Gasteiger partial charge in [-0.05, 0) is 112 Å². The van der Waals surface area contributed by atoms with Crippen LogP contribution in [0.4, 0.5) is 0 Å². The van der Waals surface area contributed by atoms with E-state index in [9.17, 15) is 66.4 Å². The van der Waals surface area contributed by atoms with Crippen molar-refractivity contribution in [1.29, 1.82) is 0 Å². The van der Waals surface area contributed by atoms with Crippen LogP contribution in [-0.2, 0) is 52.2 Å². The van der Waals surface area contributed by atoms with Crippen molar-refractivity contribution in [1.82, 2.24) is 0 Å². The maximum Gasteiger partial charge on any atom is 0.315 e. The summed E-state index contributed by atoms with van der Waals surface area (Å²) in [6, 6.07) is 0. The first kappa shape index (κ1) is 64.1. The number of hydrogen-bond acceptors (Lipinski definition) is 24. The number of rotatable bonds is 12. The second-order valence-electron chi connectivity index (χ2n) is 27.6. The summed E-state index contributed by atoms with van der Waals surface area (Å²) in [4.78, 5) is 15.1. The van der Waals surface area contributed by atoms with Gasteiger partial charge < -0.3 is 114 Å². The fraction of sp³-hybridized carbons (Fsp3) is 0.915. The summed E-state index contributed by atoms with van der Waals surface area (Å²) < 4.78 is 60.3. The van der Waals surface area contributed by atoms with Crippen molar-refractivity contribution in [3.63, 3.8) is 0 Å². The second-order valence-corrected chi connectivity index (χ2v) is 27.6. The standard InChI is InChI=1S/C59H94O24/c1-24-12-17-59(54(73)83-52-46(72)43(69)40(66)32(79-52)23-75-49-25(2)36(62)47(31(21-60)78-49)81-50-44(70)41(67)37(63)26(3)76-50)19-18-57(8)28(29(59)20-24)10-11-34-56(7)15-14-35(55(5,6)33(56)13-16-58(34,57)9)80-53-48(39(65)30(61)22-74-53)82-51-45(71)42(68)38(64)27(4)77-51/h10,25-27,29-53,60-72H,1,11-23H2,2-9H3. The van der Waals surface area contributed by atoms with Crippen molar-refractivity contribution in [2.24, 2.45) is 50.7 Å². The molecular formula is C59H94O24. The summed E-state index contributed by atoms with van der Waals surface area (Å²) in [5, 5.41) is 140. The molecule has 4 saturated carbocycles. The minimum Gasteiger partial charge on any atom is -0.432 e. The molecule has 0 aromatic carbocycles. The molecule has 32 unspecified atom stereocenters. The molecule has 10 rings (SSSR count). The summed E-state index contributed by atoms with van der Waals surface area (Å²) in [5.74, 6) is -1.36. The van der Waals surface area contributed by atoms with Crippen LogP contribution in [0.25, 0.3) is 0 Å². The molecule has 9 fully saturated rings. The van der Waals surface area contributed by atoms with Crippen LogP contribution in [0.1, 0.15) is 120 Å². The Hall–Kier alpha value is -1.93. The number of aliphatic hydroxyl groups is 13. The normalized spacial score (nSPS) is 54.5. The zero-order valence-electron chi connectivity index (χ0n) is 48.9. The van der Waals surface area contributed by atoms with Gasteiger partial charge in [-0.2, -0.15) is 0 Å². The highest BCUT2D eigenvalue weighted by Crippen LogP contribution is 2.75. The van der Waals surface area contributed by atoms with E-state index >= 15 is 4.79 Å². The molecule has 0 spiro atoms. The van der Waals surface area contributed by atoms with Crippen LogP contribution in [-0.4, -0.2) is 240 Å². The molecule has 0 radical (unpaired) electrons. The van der Waals surface area contributed by atoms with Gasteiger partial charge in [0.05, 0.1) is 49.7 Å². The Morgan fingerprint density at radius 1 is 0.614 bits per heavy atom. The van der Waals surface area contributed by atoms with E-state index < -0.39 is 177 Å². The SMILES string of the molecule is C=C1CCC2(C(=O)OC3OC(COC4OC(CO)C(OC5OC(C)C(O)C(O)C5O)C(O)C4C)C(O)C(O)C3O)CCC3(C)C(=CCC4C5(C)CCC(OC6OCC(O)C(O)C6OC6OC(C)C(O)C(O)C6O)C(C)(C)C5CCC43C)C2C1. The van der Waals surface area contributed by atoms with Crippen molar-refractivity contribution in [2.45, 2.75) is 267 Å². The molecule has 10 aliphatic rings. The van der Waals surface area contributed by atoms with Gasteiger partial charge in [0.2, 0.25) is 6.29 Å². The maximum atomic E-state index is 15.1. The highest BCUT2D eigenvalue weighted by molar-refractivity contribution is 5.79. The largest absolute Gasteiger partial charge is 0.432 e. The Balaban J connectivity index is 0.815. The van der Waals surface area contributed by atoms with Gasteiger partial charge in [0.1, 0.15) is 91.6 Å². The summed E-state index contributed by atoms with van der Waals surface area (Å²) >= 11 is 0. The van der Waals surface area contributed by atoms with Crippen molar-refractivity contribution < 1.29 is 119 Å². The molecule has 32 atom stereocenters. The molecule has 474 valence electrons. The summed E-state index contributed by atoms with van der Waals surface area (Å²) in [7, 11) is 0. The molecule has 0 aromatic rings. The van der Waals surface area contributed by atoms with Crippen molar-refractivity contribution >= 4 is 5.97 Å². The Morgan fingerprint density at radius 2 is 1.22 bits per heavy atom. The average molecular weight is 1190 g/mol. The van der Waals surface area contributed by atoms with Crippen LogP contribution < -0.4 is 0 Å². The summed E-state index contributed by atoms with van der Waals surface area (Å²) in [6.07, 6.45) is -24.4. The number of hydrogen-bond donors (Lipinski definition) is 13. The first-order valence-electron chi connectivity index (χ1n) is 30.1. The number of esters is 1. The predicted molar refractivity (Wildman–Crippen MR) is 285 cm³/mol. The lowest BCUT2D eigenvalue weighted by Gasteiger charge is -2.71. The molecule has 5 heterocycles. The molecule has 5 aliphatic heterocycles. The highest BCUT2D eigenvalue weighted by Gasteiger charge is 2.70. The van der Waals surface area contributed by atoms with Crippen LogP contribution in [0.15, 0.2) is 23.8 Å². The lowest BCUT2D eigenvalue weighted by molar-refractivity contribution is -0.364. The predicted octanol–water partition coefficient (Wildman–Crippen LogP) is -0.712. The van der Waals surface area contributed by atoms with Crippen LogP contribution in [0, 0.1) is 50.7 Å². The topological polar surface area (TPSA) is 372 Å². The molecule has 24 heteroatoms. The lowest BCUT2D eigenvalue weighted by atomic mass is 9.34. The second kappa shape index (κ2) is 23.8. The molecule has 83 heavy (non-hydrogen) atoms. The zero-order chi connectivity index (χ0) is 60.4. The number of carbonyl (C=O) groups excluding carboxylic acids is 1. The third kappa shape index (κ3) is 10.7. The van der Waals surface area contributed by atoms with Gasteiger partial charge in [-0.25, -0.2) is 0 Å². The number of carbonyl (C=O) groups is 1. The van der Waals surface area contributed by atoms with Gasteiger partial charge in [-0.15, -0.1) is 0 Å². The Bertz CT molecular complexity index is 2340. The summed E-state index contributed by atoms with van der Waals surface area (Å²) in [5.41, 5.74) is 0.0217. The quantitative estimate of drug-likeness (QED) is 0.0652. The van der Waals surface area contributed by atoms with Crippen LogP contribution >= 0.6 is 0 Å². The van der Waals surface area contributed by atoms with Gasteiger partial charge in [-0.1, -0.05) is 65.3 Å². The number of allylic oxidation sites excluding steroid dienone is 3. The van der Waals surface area contributed by atoms with Crippen molar-refractivity contribution in [2.75, 3.05) is 19.8 Å². The van der Waals surface area contributed by atoms with E-state index in [1.807, 2.05) is 0 Å². The zero-order valence-corrected chi connectivity index (χ0v) is 48.9. The molecule has 5 saturated heterocycles. The van der Waals surface area contributed by atoms with E-state index in [1.54, 1.807) is 6.92 Å².